The molecule has 4 nitrogen and oxygen atoms in total. The third-order valence-corrected chi connectivity index (χ3v) is 6.44. The summed E-state index contributed by atoms with van der Waals surface area (Å²) in [4.78, 5) is 26.0. The molecule has 0 atom stereocenters. The Kier molecular flexibility index (Phi) is 5.60. The van der Waals surface area contributed by atoms with Gasteiger partial charge in [-0.1, -0.05) is 23.7 Å². The molecule has 3 aliphatic rings. The van der Waals surface area contributed by atoms with Gasteiger partial charge in [0.2, 0.25) is 0 Å². The molecule has 0 bridgehead atoms. The lowest BCUT2D eigenvalue weighted by Gasteiger charge is -2.36. The van der Waals surface area contributed by atoms with Gasteiger partial charge in [0, 0.05) is 47.4 Å². The fourth-order valence-electron chi connectivity index (χ4n) is 4.79. The normalized spacial score (nSPS) is 18.9. The van der Waals surface area contributed by atoms with Crippen LogP contribution in [-0.2, 0) is 20.9 Å². The second-order valence-electron chi connectivity index (χ2n) is 8.36. The number of hydrogen-bond acceptors (Lipinski definition) is 4. The van der Waals surface area contributed by atoms with Crippen LogP contribution < -0.4 is 4.74 Å². The Morgan fingerprint density at radius 1 is 0.938 bits per heavy atom. The average molecular weight is 453 g/mol. The Bertz CT molecular complexity index is 1140. The summed E-state index contributed by atoms with van der Waals surface area (Å²) in [6.07, 6.45) is 3.66. The van der Waals surface area contributed by atoms with Gasteiger partial charge in [-0.2, -0.15) is 0 Å². The molecule has 32 heavy (non-hydrogen) atoms. The van der Waals surface area contributed by atoms with Gasteiger partial charge in [-0.3, -0.25) is 9.59 Å². The molecule has 1 aliphatic heterocycles. The molecule has 0 saturated heterocycles. The first-order chi connectivity index (χ1) is 15.5. The molecule has 0 aromatic heterocycles. The van der Waals surface area contributed by atoms with E-state index in [0.717, 1.165) is 12.8 Å². The van der Waals surface area contributed by atoms with E-state index in [-0.39, 0.29) is 24.0 Å². The molecule has 0 spiro atoms. The molecule has 0 radical (unpaired) electrons. The van der Waals surface area contributed by atoms with E-state index in [0.29, 0.717) is 70.2 Å². The number of allylic oxidation sites excluding steroid dienone is 4. The fraction of sp³-hybridized carbons (Fsp3) is 0.308. The molecular weight excluding hydrogens is 431 g/mol. The number of carbonyl (C=O) groups excluding carboxylic acids is 2. The highest BCUT2D eigenvalue weighted by atomic mass is 35.5. The predicted molar refractivity (Wildman–Crippen MR) is 118 cm³/mol. The van der Waals surface area contributed by atoms with Crippen molar-refractivity contribution < 1.29 is 23.5 Å². The number of benzene rings is 2. The molecular formula is C26H22ClFO4. The van der Waals surface area contributed by atoms with Gasteiger partial charge in [-0.05, 0) is 48.7 Å². The van der Waals surface area contributed by atoms with Crippen LogP contribution in [0.5, 0.6) is 5.75 Å². The summed E-state index contributed by atoms with van der Waals surface area (Å²) < 4.78 is 25.8. The van der Waals surface area contributed by atoms with E-state index in [1.165, 1.54) is 12.1 Å². The number of halogens is 2. The van der Waals surface area contributed by atoms with Crippen molar-refractivity contribution in [2.45, 2.75) is 51.0 Å². The maximum atomic E-state index is 13.6. The number of carbonyl (C=O) groups is 2. The largest absolute Gasteiger partial charge is 0.489 e. The van der Waals surface area contributed by atoms with Crippen LogP contribution in [0.2, 0.25) is 5.02 Å². The highest BCUT2D eigenvalue weighted by molar-refractivity contribution is 6.30. The zero-order valence-corrected chi connectivity index (χ0v) is 18.2. The summed E-state index contributed by atoms with van der Waals surface area (Å²) in [5, 5.41) is 0.486. The Balaban J connectivity index is 1.60. The van der Waals surface area contributed by atoms with Crippen molar-refractivity contribution in [3.05, 3.63) is 87.1 Å². The van der Waals surface area contributed by atoms with Crippen LogP contribution in [0.4, 0.5) is 4.39 Å². The topological polar surface area (TPSA) is 52.6 Å². The fourth-order valence-corrected chi connectivity index (χ4v) is 4.97. The van der Waals surface area contributed by atoms with Gasteiger partial charge < -0.3 is 9.47 Å². The average Bonchev–Trinajstić information content (AvgIpc) is 2.77. The third-order valence-electron chi connectivity index (χ3n) is 6.21. The Hall–Kier alpha value is -2.92. The van der Waals surface area contributed by atoms with E-state index in [1.54, 1.807) is 30.3 Å². The predicted octanol–water partition coefficient (Wildman–Crippen LogP) is 6.19. The highest BCUT2D eigenvalue weighted by Gasteiger charge is 2.42. The van der Waals surface area contributed by atoms with Crippen LogP contribution in [-0.4, -0.2) is 11.6 Å². The summed E-state index contributed by atoms with van der Waals surface area (Å²) in [5.74, 6) is 0.939. The Morgan fingerprint density at radius 3 is 2.28 bits per heavy atom. The van der Waals surface area contributed by atoms with Crippen molar-refractivity contribution in [3.8, 4) is 5.75 Å². The van der Waals surface area contributed by atoms with Crippen molar-refractivity contribution in [2.24, 2.45) is 0 Å². The number of rotatable bonds is 4. The van der Waals surface area contributed by atoms with Crippen molar-refractivity contribution in [1.29, 1.82) is 0 Å². The molecule has 5 rings (SSSR count). The molecule has 2 aromatic carbocycles. The smallest absolute Gasteiger partial charge is 0.163 e. The van der Waals surface area contributed by atoms with Crippen LogP contribution in [0.25, 0.3) is 0 Å². The maximum absolute atomic E-state index is 13.6. The molecule has 0 unspecified atom stereocenters. The molecule has 1 heterocycles. The van der Waals surface area contributed by atoms with Crippen LogP contribution in [0, 0.1) is 5.82 Å². The van der Waals surface area contributed by atoms with E-state index in [4.69, 9.17) is 21.1 Å². The third kappa shape index (κ3) is 3.86. The Labute approximate surface area is 190 Å². The molecule has 2 aliphatic carbocycles. The molecule has 0 fully saturated rings. The van der Waals surface area contributed by atoms with Crippen LogP contribution in [0.1, 0.15) is 55.6 Å². The van der Waals surface area contributed by atoms with Crippen molar-refractivity contribution >= 4 is 23.2 Å². The molecule has 0 saturated carbocycles. The number of Topliss-reactive ketones (excluding diaryl/α,β-unsaturated/α-hetero) is 2. The Morgan fingerprint density at radius 2 is 1.62 bits per heavy atom. The molecule has 2 aromatic rings. The summed E-state index contributed by atoms with van der Waals surface area (Å²) in [6, 6.07) is 11.4. The van der Waals surface area contributed by atoms with Crippen molar-refractivity contribution in [2.75, 3.05) is 0 Å². The van der Waals surface area contributed by atoms with E-state index in [9.17, 15) is 14.0 Å². The number of ketones is 2. The van der Waals surface area contributed by atoms with E-state index in [1.807, 2.05) is 0 Å². The number of hydrogen-bond donors (Lipinski definition) is 0. The van der Waals surface area contributed by atoms with E-state index in [2.05, 4.69) is 0 Å². The molecule has 0 amide bonds. The minimum atomic E-state index is -0.560. The quantitative estimate of drug-likeness (QED) is 0.555. The van der Waals surface area contributed by atoms with Crippen LogP contribution in [0.3, 0.4) is 0 Å². The summed E-state index contributed by atoms with van der Waals surface area (Å²) in [5.41, 5.74) is 2.44. The lowest BCUT2D eigenvalue weighted by atomic mass is 9.73. The lowest BCUT2D eigenvalue weighted by Crippen LogP contribution is -2.30. The van der Waals surface area contributed by atoms with Gasteiger partial charge in [0.05, 0.1) is 5.92 Å². The molecule has 6 heteroatoms. The van der Waals surface area contributed by atoms with Crippen molar-refractivity contribution in [1.82, 2.24) is 0 Å². The summed E-state index contributed by atoms with van der Waals surface area (Å²) >= 11 is 6.36. The summed E-state index contributed by atoms with van der Waals surface area (Å²) in [7, 11) is 0. The van der Waals surface area contributed by atoms with E-state index >= 15 is 0 Å². The second kappa shape index (κ2) is 8.55. The molecule has 0 N–H and O–H groups in total. The van der Waals surface area contributed by atoms with Crippen LogP contribution >= 0.6 is 11.6 Å². The SMILES string of the molecule is O=C1CCCC2=C1C(c1cc(Cl)ccc1OCc1cccc(F)c1)C1=C(CCCC1=O)O2. The zero-order chi connectivity index (χ0) is 22.2. The minimum Gasteiger partial charge on any atom is -0.489 e. The second-order valence-corrected chi connectivity index (χ2v) is 8.80. The first-order valence-corrected chi connectivity index (χ1v) is 11.3. The van der Waals surface area contributed by atoms with Crippen LogP contribution in [0.15, 0.2) is 65.1 Å². The monoisotopic (exact) mass is 452 g/mol. The summed E-state index contributed by atoms with van der Waals surface area (Å²) in [6.45, 7) is 0.148. The minimum absolute atomic E-state index is 0.00257. The standard InChI is InChI=1S/C26H22ClFO4/c27-16-10-11-21(31-14-15-4-1-5-17(28)12-15)18(13-16)24-25-19(29)6-2-8-22(25)32-23-9-3-7-20(30)26(23)24/h1,4-5,10-13,24H,2-3,6-9,14H2. The first kappa shape index (κ1) is 21.0. The van der Waals surface area contributed by atoms with Gasteiger partial charge in [-0.25, -0.2) is 4.39 Å². The van der Waals surface area contributed by atoms with Gasteiger partial charge in [0.1, 0.15) is 29.7 Å². The first-order valence-electron chi connectivity index (χ1n) is 10.9. The molecule has 164 valence electrons. The van der Waals surface area contributed by atoms with Gasteiger partial charge in [-0.15, -0.1) is 0 Å². The number of ether oxygens (including phenoxy) is 2. The lowest BCUT2D eigenvalue weighted by molar-refractivity contribution is -0.117. The van der Waals surface area contributed by atoms with Gasteiger partial charge >= 0.3 is 0 Å². The maximum Gasteiger partial charge on any atom is 0.163 e. The highest BCUT2D eigenvalue weighted by Crippen LogP contribution is 2.50. The zero-order valence-electron chi connectivity index (χ0n) is 17.5. The van der Waals surface area contributed by atoms with Crippen molar-refractivity contribution in [3.63, 3.8) is 0 Å². The van der Waals surface area contributed by atoms with Gasteiger partial charge in [0.15, 0.2) is 11.6 Å². The van der Waals surface area contributed by atoms with E-state index < -0.39 is 5.92 Å². The van der Waals surface area contributed by atoms with Gasteiger partial charge in [0.25, 0.3) is 0 Å².